The zero-order valence-electron chi connectivity index (χ0n) is 11.5. The molecule has 0 bridgehead atoms. The summed E-state index contributed by atoms with van der Waals surface area (Å²) in [7, 11) is 1.65. The Hall–Kier alpha value is -1.06. The molecule has 100 valence electrons. The number of aliphatic hydroxyl groups excluding tert-OH is 1. The monoisotopic (exact) mass is 249 g/mol. The topological polar surface area (TPSA) is 32.7 Å². The number of hydrogen-bond acceptors (Lipinski definition) is 3. The van der Waals surface area contributed by atoms with Crippen molar-refractivity contribution in [2.24, 2.45) is 5.92 Å². The first kappa shape index (κ1) is 13.4. The van der Waals surface area contributed by atoms with E-state index in [4.69, 9.17) is 4.74 Å². The van der Waals surface area contributed by atoms with Crippen LogP contribution in [0.1, 0.15) is 31.9 Å². The molecule has 2 rings (SSSR count). The largest absolute Gasteiger partial charge is 0.497 e. The lowest BCUT2D eigenvalue weighted by atomic mass is 10.0. The lowest BCUT2D eigenvalue weighted by Gasteiger charge is -2.28. The molecule has 3 nitrogen and oxygen atoms in total. The van der Waals surface area contributed by atoms with Crippen molar-refractivity contribution < 1.29 is 9.84 Å². The number of benzene rings is 1. The molecule has 1 aliphatic heterocycles. The summed E-state index contributed by atoms with van der Waals surface area (Å²) >= 11 is 0. The van der Waals surface area contributed by atoms with Crippen molar-refractivity contribution in [2.45, 2.75) is 32.4 Å². The molecule has 3 atom stereocenters. The molecule has 0 radical (unpaired) electrons. The van der Waals surface area contributed by atoms with Crippen LogP contribution in [0.5, 0.6) is 5.75 Å². The van der Waals surface area contributed by atoms with Crippen LogP contribution in [0.3, 0.4) is 0 Å². The second kappa shape index (κ2) is 5.72. The molecule has 1 aromatic rings. The average Bonchev–Trinajstić information content (AvgIpc) is 2.84. The van der Waals surface area contributed by atoms with E-state index >= 15 is 0 Å². The molecule has 0 saturated carbocycles. The molecule has 1 fully saturated rings. The molecule has 1 aromatic carbocycles. The molecular formula is C15H23NO2. The van der Waals surface area contributed by atoms with E-state index in [1.54, 1.807) is 7.11 Å². The molecule has 3 heteroatoms. The fourth-order valence-electron chi connectivity index (χ4n) is 2.62. The van der Waals surface area contributed by atoms with Crippen LogP contribution >= 0.6 is 0 Å². The van der Waals surface area contributed by atoms with Crippen LogP contribution in [-0.2, 0) is 0 Å². The first-order valence-electron chi connectivity index (χ1n) is 6.68. The molecule has 1 saturated heterocycles. The van der Waals surface area contributed by atoms with Gasteiger partial charge >= 0.3 is 0 Å². The molecular weight excluding hydrogens is 226 g/mol. The highest BCUT2D eigenvalue weighted by molar-refractivity contribution is 5.29. The molecule has 18 heavy (non-hydrogen) atoms. The predicted octanol–water partition coefficient (Wildman–Crippen LogP) is 2.46. The molecule has 0 aromatic heterocycles. The summed E-state index contributed by atoms with van der Waals surface area (Å²) in [5.74, 6) is 1.57. The number of rotatable bonds is 4. The van der Waals surface area contributed by atoms with Gasteiger partial charge in [0, 0.05) is 12.6 Å². The number of hydrogen-bond donors (Lipinski definition) is 1. The van der Waals surface area contributed by atoms with Gasteiger partial charge in [0.25, 0.3) is 0 Å². The van der Waals surface area contributed by atoms with Gasteiger partial charge in [0.2, 0.25) is 0 Å². The second-order valence-corrected chi connectivity index (χ2v) is 5.35. The van der Waals surface area contributed by atoms with Gasteiger partial charge in [0.05, 0.1) is 13.2 Å². The van der Waals surface area contributed by atoms with Gasteiger partial charge in [-0.15, -0.1) is 0 Å². The number of ether oxygens (including phenoxy) is 1. The van der Waals surface area contributed by atoms with E-state index in [1.165, 1.54) is 6.42 Å². The standard InChI is InChI=1S/C15H23NO2/c1-11-8-9-16(10-11)12(2)15(17)13-4-6-14(18-3)7-5-13/h4-7,11-12,15,17H,8-10H2,1-3H3. The van der Waals surface area contributed by atoms with E-state index in [0.29, 0.717) is 0 Å². The zero-order valence-corrected chi connectivity index (χ0v) is 11.5. The molecule has 0 amide bonds. The number of aliphatic hydroxyl groups is 1. The Morgan fingerprint density at radius 3 is 2.50 bits per heavy atom. The Balaban J connectivity index is 2.02. The molecule has 0 spiro atoms. The smallest absolute Gasteiger partial charge is 0.118 e. The van der Waals surface area contributed by atoms with Crippen LogP contribution in [0.4, 0.5) is 0 Å². The van der Waals surface area contributed by atoms with Crippen molar-refractivity contribution in [1.82, 2.24) is 4.90 Å². The van der Waals surface area contributed by atoms with Crippen LogP contribution < -0.4 is 4.74 Å². The summed E-state index contributed by atoms with van der Waals surface area (Å²) < 4.78 is 5.13. The van der Waals surface area contributed by atoms with Gasteiger partial charge in [-0.25, -0.2) is 0 Å². The molecule has 1 aliphatic rings. The Labute approximate surface area is 109 Å². The summed E-state index contributed by atoms with van der Waals surface area (Å²) in [6, 6.07) is 7.86. The third kappa shape index (κ3) is 2.85. The summed E-state index contributed by atoms with van der Waals surface area (Å²) in [5, 5.41) is 10.4. The first-order chi connectivity index (χ1) is 8.61. The van der Waals surface area contributed by atoms with Crippen LogP contribution in [0.15, 0.2) is 24.3 Å². The molecule has 0 aliphatic carbocycles. The van der Waals surface area contributed by atoms with Crippen molar-refractivity contribution in [3.63, 3.8) is 0 Å². The van der Waals surface area contributed by atoms with Crippen molar-refractivity contribution in [2.75, 3.05) is 20.2 Å². The molecule has 3 unspecified atom stereocenters. The van der Waals surface area contributed by atoms with E-state index in [1.807, 2.05) is 24.3 Å². The minimum Gasteiger partial charge on any atom is -0.497 e. The Morgan fingerprint density at radius 1 is 1.33 bits per heavy atom. The van der Waals surface area contributed by atoms with Crippen molar-refractivity contribution in [1.29, 1.82) is 0 Å². The predicted molar refractivity (Wildman–Crippen MR) is 72.8 cm³/mol. The maximum Gasteiger partial charge on any atom is 0.118 e. The number of nitrogens with zero attached hydrogens (tertiary/aromatic N) is 1. The van der Waals surface area contributed by atoms with Crippen LogP contribution in [0.2, 0.25) is 0 Å². The van der Waals surface area contributed by atoms with Gasteiger partial charge in [-0.1, -0.05) is 19.1 Å². The van der Waals surface area contributed by atoms with Crippen LogP contribution in [0, 0.1) is 5.92 Å². The quantitative estimate of drug-likeness (QED) is 0.889. The van der Waals surface area contributed by atoms with Gasteiger partial charge in [-0.2, -0.15) is 0 Å². The fraction of sp³-hybridized carbons (Fsp3) is 0.600. The summed E-state index contributed by atoms with van der Waals surface area (Å²) in [6.07, 6.45) is 0.806. The third-order valence-electron chi connectivity index (χ3n) is 3.95. The van der Waals surface area contributed by atoms with Gasteiger partial charge < -0.3 is 9.84 Å². The second-order valence-electron chi connectivity index (χ2n) is 5.35. The minimum absolute atomic E-state index is 0.170. The van der Waals surface area contributed by atoms with Gasteiger partial charge in [0.15, 0.2) is 0 Å². The first-order valence-corrected chi connectivity index (χ1v) is 6.68. The zero-order chi connectivity index (χ0) is 13.1. The van der Waals surface area contributed by atoms with E-state index in [2.05, 4.69) is 18.7 Å². The van der Waals surface area contributed by atoms with Crippen molar-refractivity contribution in [3.05, 3.63) is 29.8 Å². The highest BCUT2D eigenvalue weighted by Gasteiger charge is 2.28. The molecule has 1 N–H and O–H groups in total. The van der Waals surface area contributed by atoms with Gasteiger partial charge in [-0.3, -0.25) is 4.90 Å². The fourth-order valence-corrected chi connectivity index (χ4v) is 2.62. The Kier molecular flexibility index (Phi) is 4.25. The van der Waals surface area contributed by atoms with E-state index in [-0.39, 0.29) is 6.04 Å². The van der Waals surface area contributed by atoms with E-state index < -0.39 is 6.10 Å². The Bertz CT molecular complexity index is 377. The minimum atomic E-state index is -0.429. The Morgan fingerprint density at radius 2 is 2.00 bits per heavy atom. The van der Waals surface area contributed by atoms with Gasteiger partial charge in [0.1, 0.15) is 5.75 Å². The van der Waals surface area contributed by atoms with Crippen molar-refractivity contribution in [3.8, 4) is 5.75 Å². The number of methoxy groups -OCH3 is 1. The highest BCUT2D eigenvalue weighted by Crippen LogP contribution is 2.27. The third-order valence-corrected chi connectivity index (χ3v) is 3.95. The normalized spacial score (nSPS) is 23.9. The lowest BCUT2D eigenvalue weighted by Crippen LogP contribution is -2.35. The SMILES string of the molecule is COc1ccc(C(O)C(C)N2CCC(C)C2)cc1. The maximum atomic E-state index is 10.4. The van der Waals surface area contributed by atoms with Crippen LogP contribution in [-0.4, -0.2) is 36.2 Å². The number of likely N-dealkylation sites (tertiary alicyclic amines) is 1. The summed E-state index contributed by atoms with van der Waals surface area (Å²) in [4.78, 5) is 2.37. The summed E-state index contributed by atoms with van der Waals surface area (Å²) in [6.45, 7) is 6.56. The summed E-state index contributed by atoms with van der Waals surface area (Å²) in [5.41, 5.74) is 0.961. The van der Waals surface area contributed by atoms with Gasteiger partial charge in [-0.05, 0) is 43.5 Å². The molecule has 1 heterocycles. The highest BCUT2D eigenvalue weighted by atomic mass is 16.5. The maximum absolute atomic E-state index is 10.4. The van der Waals surface area contributed by atoms with E-state index in [0.717, 1.165) is 30.3 Å². The van der Waals surface area contributed by atoms with E-state index in [9.17, 15) is 5.11 Å². The van der Waals surface area contributed by atoms with Crippen LogP contribution in [0.25, 0.3) is 0 Å². The average molecular weight is 249 g/mol. The lowest BCUT2D eigenvalue weighted by molar-refractivity contribution is 0.0698. The van der Waals surface area contributed by atoms with Crippen molar-refractivity contribution >= 4 is 0 Å².